The number of carbonyl (C=O) groups excluding carboxylic acids is 1. The molecule has 0 aliphatic rings. The van der Waals surface area contributed by atoms with Crippen LogP contribution in [0.4, 0.5) is 15.8 Å². The molecule has 0 aliphatic heterocycles. The summed E-state index contributed by atoms with van der Waals surface area (Å²) in [5, 5.41) is 21.3. The molecule has 1 N–H and O–H groups in total. The monoisotopic (exact) mass is 372 g/mol. The highest BCUT2D eigenvalue weighted by molar-refractivity contribution is 5.93. The zero-order valence-electron chi connectivity index (χ0n) is 13.9. The van der Waals surface area contributed by atoms with Gasteiger partial charge in [0.25, 0.3) is 5.56 Å². The normalized spacial score (nSPS) is 11.8. The zero-order chi connectivity index (χ0) is 19.6. The van der Waals surface area contributed by atoms with E-state index < -0.39 is 33.9 Å². The Hall–Kier alpha value is -3.89. The van der Waals surface area contributed by atoms with Gasteiger partial charge >= 0.3 is 5.69 Å². The van der Waals surface area contributed by atoms with Crippen molar-refractivity contribution in [3.8, 4) is 5.82 Å². The first-order chi connectivity index (χ1) is 12.9. The Morgan fingerprint density at radius 3 is 2.78 bits per heavy atom. The number of amides is 1. The molecule has 0 spiro atoms. The van der Waals surface area contributed by atoms with Crippen molar-refractivity contribution in [2.45, 2.75) is 13.0 Å². The van der Waals surface area contributed by atoms with Gasteiger partial charge in [-0.25, -0.2) is 9.36 Å². The smallest absolute Gasteiger partial charge is 0.306 e. The number of carbonyl (C=O) groups is 1. The van der Waals surface area contributed by atoms with Gasteiger partial charge in [0.2, 0.25) is 11.7 Å². The summed E-state index contributed by atoms with van der Waals surface area (Å²) in [4.78, 5) is 34.4. The summed E-state index contributed by atoms with van der Waals surface area (Å²) >= 11 is 0. The lowest BCUT2D eigenvalue weighted by atomic mass is 10.2. The number of anilines is 1. The van der Waals surface area contributed by atoms with E-state index in [1.54, 1.807) is 12.3 Å². The molecule has 138 valence electrons. The van der Waals surface area contributed by atoms with Crippen LogP contribution in [0.2, 0.25) is 0 Å². The quantitative estimate of drug-likeness (QED) is 0.536. The molecule has 1 unspecified atom stereocenters. The third-order valence-electron chi connectivity index (χ3n) is 3.71. The number of nitrogens with zero attached hydrogens (tertiary/aromatic N) is 5. The van der Waals surface area contributed by atoms with Crippen molar-refractivity contribution in [2.24, 2.45) is 0 Å². The number of aromatic nitrogens is 4. The minimum Gasteiger partial charge on any atom is -0.324 e. The minimum atomic E-state index is -1.03. The summed E-state index contributed by atoms with van der Waals surface area (Å²) in [6.07, 6.45) is 3.16. The van der Waals surface area contributed by atoms with Crippen LogP contribution in [0, 0.1) is 15.9 Å². The second-order valence-corrected chi connectivity index (χ2v) is 5.51. The number of nitro groups is 1. The number of halogens is 1. The molecule has 2 heterocycles. The average molecular weight is 372 g/mol. The van der Waals surface area contributed by atoms with Crippen molar-refractivity contribution in [1.29, 1.82) is 0 Å². The van der Waals surface area contributed by atoms with Gasteiger partial charge in [-0.3, -0.25) is 19.7 Å². The average Bonchev–Trinajstić information content (AvgIpc) is 3.17. The largest absolute Gasteiger partial charge is 0.324 e. The van der Waals surface area contributed by atoms with E-state index in [9.17, 15) is 24.1 Å². The van der Waals surface area contributed by atoms with E-state index in [-0.39, 0.29) is 5.69 Å². The Labute approximate surface area is 151 Å². The highest BCUT2D eigenvalue weighted by Gasteiger charge is 2.20. The Bertz CT molecular complexity index is 1060. The molecule has 1 aromatic carbocycles. The topological polar surface area (TPSA) is 125 Å². The maximum Gasteiger partial charge on any atom is 0.306 e. The number of hydrogen-bond acceptors (Lipinski definition) is 6. The third kappa shape index (κ3) is 3.71. The summed E-state index contributed by atoms with van der Waals surface area (Å²) in [7, 11) is 0. The van der Waals surface area contributed by atoms with Crippen molar-refractivity contribution in [3.05, 3.63) is 75.1 Å². The molecule has 0 bridgehead atoms. The Morgan fingerprint density at radius 2 is 2.11 bits per heavy atom. The molecule has 3 rings (SSSR count). The van der Waals surface area contributed by atoms with Crippen molar-refractivity contribution in [3.63, 3.8) is 0 Å². The molecule has 3 aromatic rings. The predicted octanol–water partition coefficient (Wildman–Crippen LogP) is 1.68. The van der Waals surface area contributed by atoms with Crippen molar-refractivity contribution in [2.75, 3.05) is 5.32 Å². The predicted molar refractivity (Wildman–Crippen MR) is 92.0 cm³/mol. The van der Waals surface area contributed by atoms with Crippen LogP contribution in [0.1, 0.15) is 13.0 Å². The van der Waals surface area contributed by atoms with Crippen molar-refractivity contribution >= 4 is 17.3 Å². The summed E-state index contributed by atoms with van der Waals surface area (Å²) in [6.45, 7) is 1.44. The van der Waals surface area contributed by atoms with Crippen LogP contribution >= 0.6 is 0 Å². The standard InChI is InChI=1S/C16H13FN6O4/c1-10(16(25)19-11-3-4-12(17)13(9-11)23(26)27)22-15(24)6-5-14(20-22)21-8-2-7-18-21/h2-10H,1H3,(H,19,25). The van der Waals surface area contributed by atoms with E-state index in [1.807, 2.05) is 0 Å². The molecule has 0 aliphatic carbocycles. The highest BCUT2D eigenvalue weighted by Crippen LogP contribution is 2.22. The van der Waals surface area contributed by atoms with E-state index in [1.165, 1.54) is 36.0 Å². The van der Waals surface area contributed by atoms with Gasteiger partial charge in [-0.15, -0.1) is 5.10 Å². The second-order valence-electron chi connectivity index (χ2n) is 5.51. The van der Waals surface area contributed by atoms with Crippen LogP contribution in [-0.4, -0.2) is 30.4 Å². The highest BCUT2D eigenvalue weighted by atomic mass is 19.1. The molecule has 2 aromatic heterocycles. The first-order valence-corrected chi connectivity index (χ1v) is 7.71. The van der Waals surface area contributed by atoms with E-state index in [4.69, 9.17) is 0 Å². The molecule has 11 heteroatoms. The van der Waals surface area contributed by atoms with Crippen LogP contribution in [0.5, 0.6) is 0 Å². The van der Waals surface area contributed by atoms with Crippen LogP contribution in [0.15, 0.2) is 53.6 Å². The van der Waals surface area contributed by atoms with E-state index in [2.05, 4.69) is 15.5 Å². The lowest BCUT2D eigenvalue weighted by molar-refractivity contribution is -0.387. The molecule has 0 fully saturated rings. The fraction of sp³-hybridized carbons (Fsp3) is 0.125. The summed E-state index contributed by atoms with van der Waals surface area (Å²) < 4.78 is 15.8. The van der Waals surface area contributed by atoms with Gasteiger partial charge in [-0.1, -0.05) is 0 Å². The maximum atomic E-state index is 13.4. The third-order valence-corrected chi connectivity index (χ3v) is 3.71. The molecule has 1 atom stereocenters. The first-order valence-electron chi connectivity index (χ1n) is 7.71. The zero-order valence-corrected chi connectivity index (χ0v) is 13.9. The SMILES string of the molecule is CC(C(=O)Nc1ccc(F)c([N+](=O)[O-])c1)n1nc(-n2cccn2)ccc1=O. The number of rotatable bonds is 5. The van der Waals surface area contributed by atoms with Gasteiger partial charge in [-0.2, -0.15) is 9.49 Å². The van der Waals surface area contributed by atoms with Gasteiger partial charge in [0.15, 0.2) is 5.82 Å². The number of benzene rings is 1. The first kappa shape index (κ1) is 17.9. The Kier molecular flexibility index (Phi) is 4.75. The molecule has 0 saturated heterocycles. The van der Waals surface area contributed by atoms with Crippen molar-refractivity contribution < 1.29 is 14.1 Å². The molecule has 27 heavy (non-hydrogen) atoms. The Balaban J connectivity index is 1.86. The van der Waals surface area contributed by atoms with Gasteiger partial charge in [0.1, 0.15) is 6.04 Å². The molecule has 0 radical (unpaired) electrons. The fourth-order valence-corrected chi connectivity index (χ4v) is 2.31. The van der Waals surface area contributed by atoms with Crippen LogP contribution < -0.4 is 10.9 Å². The van der Waals surface area contributed by atoms with Gasteiger partial charge in [0.05, 0.1) is 4.92 Å². The molecule has 0 saturated carbocycles. The summed E-state index contributed by atoms with van der Waals surface area (Å²) in [5.74, 6) is -1.34. The number of nitro benzene ring substituents is 1. The lowest BCUT2D eigenvalue weighted by Crippen LogP contribution is -2.33. The van der Waals surface area contributed by atoms with Crippen LogP contribution in [0.3, 0.4) is 0 Å². The maximum absolute atomic E-state index is 13.4. The van der Waals surface area contributed by atoms with Crippen LogP contribution in [0.25, 0.3) is 5.82 Å². The number of hydrogen-bond donors (Lipinski definition) is 1. The minimum absolute atomic E-state index is 0.0243. The van der Waals surface area contributed by atoms with Gasteiger partial charge in [-0.05, 0) is 31.2 Å². The molecular weight excluding hydrogens is 359 g/mol. The summed E-state index contributed by atoms with van der Waals surface area (Å²) in [5.41, 5.74) is -1.26. The van der Waals surface area contributed by atoms with Gasteiger partial charge < -0.3 is 5.32 Å². The number of nitrogens with one attached hydrogen (secondary N) is 1. The molecular formula is C16H13FN6O4. The van der Waals surface area contributed by atoms with Crippen molar-refractivity contribution in [1.82, 2.24) is 19.6 Å². The van der Waals surface area contributed by atoms with Crippen LogP contribution in [-0.2, 0) is 4.79 Å². The molecule has 10 nitrogen and oxygen atoms in total. The summed E-state index contributed by atoms with van der Waals surface area (Å²) in [6, 6.07) is 6.31. The molecule has 1 amide bonds. The van der Waals surface area contributed by atoms with E-state index >= 15 is 0 Å². The van der Waals surface area contributed by atoms with E-state index in [0.29, 0.717) is 5.82 Å². The van der Waals surface area contributed by atoms with Gasteiger partial charge in [0, 0.05) is 30.2 Å². The van der Waals surface area contributed by atoms with E-state index in [0.717, 1.165) is 16.8 Å². The fourth-order valence-electron chi connectivity index (χ4n) is 2.31. The second kappa shape index (κ2) is 7.15. The Morgan fingerprint density at radius 1 is 1.33 bits per heavy atom. The lowest BCUT2D eigenvalue weighted by Gasteiger charge is -2.15.